The van der Waals surface area contributed by atoms with Gasteiger partial charge in [0.15, 0.2) is 0 Å². The summed E-state index contributed by atoms with van der Waals surface area (Å²) in [5.74, 6) is 0.0636. The zero-order chi connectivity index (χ0) is 18.7. The Morgan fingerprint density at radius 1 is 1.27 bits per heavy atom. The highest BCUT2D eigenvalue weighted by Gasteiger charge is 2.29. The number of aliphatic hydroxyl groups excluding tert-OH is 1. The Labute approximate surface area is 153 Å². The predicted octanol–water partition coefficient (Wildman–Crippen LogP) is 3.49. The molecule has 2 unspecified atom stereocenters. The lowest BCUT2D eigenvalue weighted by Gasteiger charge is -2.16. The summed E-state index contributed by atoms with van der Waals surface area (Å²) in [6, 6.07) is 11.8. The molecule has 0 aromatic heterocycles. The Bertz CT molecular complexity index is 773. The van der Waals surface area contributed by atoms with Crippen LogP contribution in [0, 0.1) is 5.82 Å². The standard InChI is InChI=1S/C21H24FNO3/c1-13(2)26-17-7-3-14(4-8-17)20(24)12-23-21(25)19-9-5-15-11-16(22)6-10-18(15)19/h3-4,6-8,10-11,13,19-20,24H,5,9,12H2,1-2H3,(H,23,25). The molecule has 2 aromatic rings. The second-order valence-corrected chi connectivity index (χ2v) is 6.93. The number of rotatable bonds is 6. The van der Waals surface area contributed by atoms with E-state index in [-0.39, 0.29) is 30.3 Å². The molecule has 0 radical (unpaired) electrons. The minimum Gasteiger partial charge on any atom is -0.491 e. The third-order valence-corrected chi connectivity index (χ3v) is 4.61. The molecule has 4 nitrogen and oxygen atoms in total. The fourth-order valence-corrected chi connectivity index (χ4v) is 3.34. The van der Waals surface area contributed by atoms with Crippen LogP contribution in [0.15, 0.2) is 42.5 Å². The van der Waals surface area contributed by atoms with E-state index in [2.05, 4.69) is 5.32 Å². The fourth-order valence-electron chi connectivity index (χ4n) is 3.34. The third kappa shape index (κ3) is 4.22. The van der Waals surface area contributed by atoms with E-state index in [1.54, 1.807) is 18.2 Å². The predicted molar refractivity (Wildman–Crippen MR) is 97.6 cm³/mol. The normalized spacial score (nSPS) is 17.0. The van der Waals surface area contributed by atoms with Crippen LogP contribution < -0.4 is 10.1 Å². The lowest BCUT2D eigenvalue weighted by molar-refractivity contribution is -0.123. The molecule has 1 aliphatic rings. The molecule has 138 valence electrons. The smallest absolute Gasteiger partial charge is 0.227 e. The SMILES string of the molecule is CC(C)Oc1ccc(C(O)CNC(=O)C2CCc3cc(F)ccc32)cc1. The largest absolute Gasteiger partial charge is 0.491 e. The monoisotopic (exact) mass is 357 g/mol. The molecule has 0 bridgehead atoms. The number of hydrogen-bond acceptors (Lipinski definition) is 3. The summed E-state index contributed by atoms with van der Waals surface area (Å²) in [6.07, 6.45) is 0.668. The van der Waals surface area contributed by atoms with Gasteiger partial charge in [0.2, 0.25) is 5.91 Å². The summed E-state index contributed by atoms with van der Waals surface area (Å²) in [5, 5.41) is 13.1. The van der Waals surface area contributed by atoms with Gasteiger partial charge < -0.3 is 15.2 Å². The average molecular weight is 357 g/mol. The van der Waals surface area contributed by atoms with E-state index in [0.717, 1.165) is 22.4 Å². The summed E-state index contributed by atoms with van der Waals surface area (Å²) < 4.78 is 18.9. The van der Waals surface area contributed by atoms with Crippen molar-refractivity contribution in [2.24, 2.45) is 0 Å². The lowest BCUT2D eigenvalue weighted by atomic mass is 10.00. The first kappa shape index (κ1) is 18.4. The maximum absolute atomic E-state index is 13.3. The highest BCUT2D eigenvalue weighted by atomic mass is 19.1. The molecule has 0 spiro atoms. The number of fused-ring (bicyclic) bond motifs is 1. The van der Waals surface area contributed by atoms with E-state index in [4.69, 9.17) is 4.74 Å². The fraction of sp³-hybridized carbons (Fsp3) is 0.381. The van der Waals surface area contributed by atoms with Crippen molar-refractivity contribution in [2.45, 2.75) is 44.8 Å². The highest BCUT2D eigenvalue weighted by molar-refractivity contribution is 5.85. The van der Waals surface area contributed by atoms with Crippen LogP contribution in [-0.4, -0.2) is 23.7 Å². The molecular formula is C21H24FNO3. The molecule has 0 aliphatic heterocycles. The second-order valence-electron chi connectivity index (χ2n) is 6.93. The number of carbonyl (C=O) groups is 1. The van der Waals surface area contributed by atoms with Crippen molar-refractivity contribution in [1.82, 2.24) is 5.32 Å². The van der Waals surface area contributed by atoms with Gasteiger partial charge >= 0.3 is 0 Å². The van der Waals surface area contributed by atoms with Gasteiger partial charge in [-0.05, 0) is 67.6 Å². The number of amides is 1. The first-order valence-electron chi connectivity index (χ1n) is 8.94. The Morgan fingerprint density at radius 3 is 2.69 bits per heavy atom. The number of aryl methyl sites for hydroxylation is 1. The molecule has 1 aliphatic carbocycles. The van der Waals surface area contributed by atoms with Crippen LogP contribution in [0.3, 0.4) is 0 Å². The molecule has 1 amide bonds. The van der Waals surface area contributed by atoms with Gasteiger partial charge in [-0.1, -0.05) is 18.2 Å². The molecule has 26 heavy (non-hydrogen) atoms. The molecule has 0 fully saturated rings. The van der Waals surface area contributed by atoms with Crippen LogP contribution in [0.25, 0.3) is 0 Å². The topological polar surface area (TPSA) is 58.6 Å². The van der Waals surface area contributed by atoms with E-state index >= 15 is 0 Å². The molecular weight excluding hydrogens is 333 g/mol. The molecule has 5 heteroatoms. The molecule has 2 aromatic carbocycles. The number of hydrogen-bond donors (Lipinski definition) is 2. The minimum absolute atomic E-state index is 0.0906. The van der Waals surface area contributed by atoms with Gasteiger partial charge in [-0.25, -0.2) is 4.39 Å². The maximum atomic E-state index is 13.3. The number of benzene rings is 2. The number of carbonyl (C=O) groups excluding carboxylic acids is 1. The first-order chi connectivity index (χ1) is 12.4. The van der Waals surface area contributed by atoms with E-state index in [1.807, 2.05) is 26.0 Å². The molecule has 3 rings (SSSR count). The van der Waals surface area contributed by atoms with Crippen molar-refractivity contribution in [3.63, 3.8) is 0 Å². The molecule has 0 saturated heterocycles. The van der Waals surface area contributed by atoms with Gasteiger partial charge in [0, 0.05) is 6.54 Å². The van der Waals surface area contributed by atoms with E-state index in [1.165, 1.54) is 12.1 Å². The second kappa shape index (κ2) is 7.87. The van der Waals surface area contributed by atoms with Crippen molar-refractivity contribution in [3.05, 3.63) is 65.0 Å². The van der Waals surface area contributed by atoms with Crippen LogP contribution >= 0.6 is 0 Å². The Hall–Kier alpha value is -2.40. The highest BCUT2D eigenvalue weighted by Crippen LogP contribution is 2.33. The van der Waals surface area contributed by atoms with Gasteiger partial charge in [0.1, 0.15) is 11.6 Å². The van der Waals surface area contributed by atoms with Crippen molar-refractivity contribution in [1.29, 1.82) is 0 Å². The van der Waals surface area contributed by atoms with Gasteiger partial charge in [-0.2, -0.15) is 0 Å². The van der Waals surface area contributed by atoms with Crippen molar-refractivity contribution in [3.8, 4) is 5.75 Å². The maximum Gasteiger partial charge on any atom is 0.227 e. The first-order valence-corrected chi connectivity index (χ1v) is 8.94. The van der Waals surface area contributed by atoms with Crippen LogP contribution in [0.4, 0.5) is 4.39 Å². The summed E-state index contributed by atoms with van der Waals surface area (Å²) in [5.41, 5.74) is 2.50. The van der Waals surface area contributed by atoms with Gasteiger partial charge in [0.05, 0.1) is 18.1 Å². The number of aliphatic hydroxyl groups is 1. The van der Waals surface area contributed by atoms with Crippen molar-refractivity contribution >= 4 is 5.91 Å². The Morgan fingerprint density at radius 2 is 2.00 bits per heavy atom. The quantitative estimate of drug-likeness (QED) is 0.832. The van der Waals surface area contributed by atoms with E-state index < -0.39 is 6.10 Å². The Kier molecular flexibility index (Phi) is 5.57. The summed E-state index contributed by atoms with van der Waals surface area (Å²) in [6.45, 7) is 4.04. The average Bonchev–Trinajstić information content (AvgIpc) is 3.02. The lowest BCUT2D eigenvalue weighted by Crippen LogP contribution is -2.32. The van der Waals surface area contributed by atoms with E-state index in [9.17, 15) is 14.3 Å². The van der Waals surface area contributed by atoms with Crippen LogP contribution in [0.5, 0.6) is 5.75 Å². The number of halogens is 1. The zero-order valence-corrected chi connectivity index (χ0v) is 15.0. The number of ether oxygens (including phenoxy) is 1. The van der Waals surface area contributed by atoms with Gasteiger partial charge in [-0.15, -0.1) is 0 Å². The third-order valence-electron chi connectivity index (χ3n) is 4.61. The molecule has 2 atom stereocenters. The molecule has 0 heterocycles. The van der Waals surface area contributed by atoms with Gasteiger partial charge in [-0.3, -0.25) is 4.79 Å². The van der Waals surface area contributed by atoms with E-state index in [0.29, 0.717) is 12.8 Å². The zero-order valence-electron chi connectivity index (χ0n) is 15.0. The van der Waals surface area contributed by atoms with Gasteiger partial charge in [0.25, 0.3) is 0 Å². The summed E-state index contributed by atoms with van der Waals surface area (Å²) >= 11 is 0. The van der Waals surface area contributed by atoms with Crippen LogP contribution in [0.2, 0.25) is 0 Å². The molecule has 0 saturated carbocycles. The van der Waals surface area contributed by atoms with Crippen LogP contribution in [-0.2, 0) is 11.2 Å². The number of nitrogens with one attached hydrogen (secondary N) is 1. The van der Waals surface area contributed by atoms with Crippen LogP contribution in [0.1, 0.15) is 49.0 Å². The summed E-state index contributed by atoms with van der Waals surface area (Å²) in [4.78, 5) is 12.5. The minimum atomic E-state index is -0.791. The van der Waals surface area contributed by atoms with Crippen molar-refractivity contribution < 1.29 is 19.0 Å². The Balaban J connectivity index is 1.56. The molecule has 2 N–H and O–H groups in total. The summed E-state index contributed by atoms with van der Waals surface area (Å²) in [7, 11) is 0. The van der Waals surface area contributed by atoms with Crippen molar-refractivity contribution in [2.75, 3.05) is 6.54 Å².